The zero-order chi connectivity index (χ0) is 18.8. The molecule has 0 unspecified atom stereocenters. The van der Waals surface area contributed by atoms with Crippen LogP contribution < -0.4 is 10.2 Å². The van der Waals surface area contributed by atoms with Gasteiger partial charge in [-0.3, -0.25) is 14.9 Å². The van der Waals surface area contributed by atoms with Crippen molar-refractivity contribution in [3.63, 3.8) is 0 Å². The highest BCUT2D eigenvalue weighted by atomic mass is 32.1. The van der Waals surface area contributed by atoms with E-state index in [0.717, 1.165) is 43.5 Å². The van der Waals surface area contributed by atoms with Gasteiger partial charge in [0.2, 0.25) is 5.91 Å². The van der Waals surface area contributed by atoms with E-state index in [2.05, 4.69) is 16.3 Å². The molecule has 1 fully saturated rings. The van der Waals surface area contributed by atoms with Gasteiger partial charge in [0.25, 0.3) is 5.69 Å². The van der Waals surface area contributed by atoms with Crippen molar-refractivity contribution < 1.29 is 9.72 Å². The SMILES string of the molecule is O=C(NCCc1cccs1)[C@@H]1Cc2cc([N+](=O)[O-])ccc2N2CCCC[C@H]12. The molecule has 7 heteroatoms. The van der Waals surface area contributed by atoms with E-state index < -0.39 is 0 Å². The van der Waals surface area contributed by atoms with Crippen molar-refractivity contribution in [2.24, 2.45) is 5.92 Å². The van der Waals surface area contributed by atoms with E-state index in [1.54, 1.807) is 23.5 Å². The number of non-ortho nitro benzene ring substituents is 1. The standard InChI is InChI=1S/C20H23N3O3S/c24-20(21-9-8-16-4-3-11-27-16)17-13-14-12-15(23(25)26)6-7-18(14)22-10-2-1-5-19(17)22/h3-4,6-7,11-12,17,19H,1-2,5,8-10,13H2,(H,21,24)/t17-,19-/m1/s1. The molecular formula is C20H23N3O3S. The summed E-state index contributed by atoms with van der Waals surface area (Å²) in [6, 6.07) is 9.37. The smallest absolute Gasteiger partial charge is 0.269 e. The summed E-state index contributed by atoms with van der Waals surface area (Å²) >= 11 is 1.70. The number of hydrogen-bond acceptors (Lipinski definition) is 5. The maximum atomic E-state index is 12.9. The van der Waals surface area contributed by atoms with E-state index in [-0.39, 0.29) is 28.5 Å². The van der Waals surface area contributed by atoms with Crippen molar-refractivity contribution in [2.75, 3.05) is 18.0 Å². The molecule has 1 saturated heterocycles. The summed E-state index contributed by atoms with van der Waals surface area (Å²) in [5.41, 5.74) is 2.08. The fraction of sp³-hybridized carbons (Fsp3) is 0.450. The van der Waals surface area contributed by atoms with Crippen molar-refractivity contribution in [3.8, 4) is 0 Å². The first-order chi connectivity index (χ1) is 13.1. The number of hydrogen-bond donors (Lipinski definition) is 1. The Balaban J connectivity index is 1.52. The highest BCUT2D eigenvalue weighted by molar-refractivity contribution is 7.09. The predicted molar refractivity (Wildman–Crippen MR) is 106 cm³/mol. The maximum absolute atomic E-state index is 12.9. The molecule has 1 aromatic heterocycles. The number of amides is 1. The van der Waals surface area contributed by atoms with Crippen LogP contribution in [0.1, 0.15) is 29.7 Å². The quantitative estimate of drug-likeness (QED) is 0.631. The molecule has 142 valence electrons. The van der Waals surface area contributed by atoms with Crippen molar-refractivity contribution in [3.05, 3.63) is 56.3 Å². The van der Waals surface area contributed by atoms with E-state index in [1.165, 1.54) is 4.88 Å². The van der Waals surface area contributed by atoms with E-state index in [9.17, 15) is 14.9 Å². The van der Waals surface area contributed by atoms with Crippen LogP contribution >= 0.6 is 11.3 Å². The summed E-state index contributed by atoms with van der Waals surface area (Å²) in [6.45, 7) is 1.54. The van der Waals surface area contributed by atoms with Gasteiger partial charge in [0.1, 0.15) is 0 Å². The molecule has 0 spiro atoms. The molecular weight excluding hydrogens is 362 g/mol. The first-order valence-electron chi connectivity index (χ1n) is 9.47. The molecule has 0 radical (unpaired) electrons. The van der Waals surface area contributed by atoms with Crippen molar-refractivity contribution in [2.45, 2.75) is 38.1 Å². The fourth-order valence-corrected chi connectivity index (χ4v) is 5.05. The van der Waals surface area contributed by atoms with Crippen molar-refractivity contribution >= 4 is 28.6 Å². The van der Waals surface area contributed by atoms with Crippen LogP contribution in [-0.2, 0) is 17.6 Å². The number of benzene rings is 1. The van der Waals surface area contributed by atoms with Crippen LogP contribution in [0.2, 0.25) is 0 Å². The second-order valence-corrected chi connectivity index (χ2v) is 8.29. The minimum atomic E-state index is -0.362. The molecule has 1 N–H and O–H groups in total. The van der Waals surface area contributed by atoms with Crippen LogP contribution in [0.25, 0.3) is 0 Å². The van der Waals surface area contributed by atoms with Crippen LogP contribution in [0, 0.1) is 16.0 Å². The fourth-order valence-electron chi connectivity index (χ4n) is 4.34. The van der Waals surface area contributed by atoms with Crippen molar-refractivity contribution in [1.82, 2.24) is 5.32 Å². The molecule has 3 heterocycles. The molecule has 0 bridgehead atoms. The van der Waals surface area contributed by atoms with Gasteiger partial charge in [-0.15, -0.1) is 11.3 Å². The zero-order valence-corrected chi connectivity index (χ0v) is 15.9. The Morgan fingerprint density at radius 3 is 3.00 bits per heavy atom. The normalized spacial score (nSPS) is 21.3. The Hall–Kier alpha value is -2.41. The number of nitrogens with zero attached hydrogens (tertiary/aromatic N) is 2. The number of piperidine rings is 1. The lowest BCUT2D eigenvalue weighted by molar-refractivity contribution is -0.384. The second kappa shape index (κ2) is 7.68. The lowest BCUT2D eigenvalue weighted by Gasteiger charge is -2.45. The number of nitrogens with one attached hydrogen (secondary N) is 1. The first kappa shape index (κ1) is 18.0. The Bertz CT molecular complexity index is 837. The number of thiophene rings is 1. The monoisotopic (exact) mass is 385 g/mol. The molecule has 2 aliphatic rings. The predicted octanol–water partition coefficient (Wildman–Crippen LogP) is 3.55. The van der Waals surface area contributed by atoms with Crippen LogP contribution in [-0.4, -0.2) is 30.0 Å². The molecule has 0 aliphatic carbocycles. The first-order valence-corrected chi connectivity index (χ1v) is 10.4. The molecule has 27 heavy (non-hydrogen) atoms. The number of fused-ring (bicyclic) bond motifs is 3. The number of carbonyl (C=O) groups is 1. The van der Waals surface area contributed by atoms with E-state index >= 15 is 0 Å². The number of anilines is 1. The minimum Gasteiger partial charge on any atom is -0.368 e. The third kappa shape index (κ3) is 3.69. The lowest BCUT2D eigenvalue weighted by atomic mass is 9.80. The minimum absolute atomic E-state index is 0.0700. The average Bonchev–Trinajstić information content (AvgIpc) is 3.20. The third-order valence-electron chi connectivity index (χ3n) is 5.62. The number of nitro groups is 1. The van der Waals surface area contributed by atoms with Gasteiger partial charge in [-0.1, -0.05) is 6.07 Å². The Morgan fingerprint density at radius 2 is 2.22 bits per heavy atom. The molecule has 1 amide bonds. The van der Waals surface area contributed by atoms with Crippen LogP contribution in [0.3, 0.4) is 0 Å². The topological polar surface area (TPSA) is 75.5 Å². The van der Waals surface area contributed by atoms with Gasteiger partial charge < -0.3 is 10.2 Å². The van der Waals surface area contributed by atoms with Gasteiger partial charge in [0.15, 0.2) is 0 Å². The largest absolute Gasteiger partial charge is 0.368 e. The molecule has 6 nitrogen and oxygen atoms in total. The van der Waals surface area contributed by atoms with E-state index in [0.29, 0.717) is 13.0 Å². The van der Waals surface area contributed by atoms with Crippen LogP contribution in [0.15, 0.2) is 35.7 Å². The zero-order valence-electron chi connectivity index (χ0n) is 15.1. The molecule has 2 aromatic rings. The van der Waals surface area contributed by atoms with E-state index in [4.69, 9.17) is 0 Å². The summed E-state index contributed by atoms with van der Waals surface area (Å²) in [7, 11) is 0. The van der Waals surface area contributed by atoms with Crippen molar-refractivity contribution in [1.29, 1.82) is 0 Å². The highest BCUT2D eigenvalue weighted by Gasteiger charge is 2.39. The Morgan fingerprint density at radius 1 is 1.33 bits per heavy atom. The number of carbonyl (C=O) groups excluding carboxylic acids is 1. The summed E-state index contributed by atoms with van der Waals surface area (Å²) in [5.74, 6) is -0.0799. The van der Waals surface area contributed by atoms with Gasteiger partial charge >= 0.3 is 0 Å². The number of nitro benzene ring substituents is 1. The molecule has 2 aliphatic heterocycles. The summed E-state index contributed by atoms with van der Waals surface area (Å²) in [5, 5.41) is 16.3. The van der Waals surface area contributed by atoms with Gasteiger partial charge in [-0.2, -0.15) is 0 Å². The molecule has 0 saturated carbocycles. The van der Waals surface area contributed by atoms with Crippen LogP contribution in [0.4, 0.5) is 11.4 Å². The van der Waals surface area contributed by atoms with Gasteiger partial charge in [0.05, 0.1) is 10.8 Å². The van der Waals surface area contributed by atoms with Gasteiger partial charge in [0, 0.05) is 41.8 Å². The molecule has 1 aromatic carbocycles. The van der Waals surface area contributed by atoms with Gasteiger partial charge in [-0.25, -0.2) is 0 Å². The van der Waals surface area contributed by atoms with Gasteiger partial charge in [-0.05, 0) is 55.2 Å². The average molecular weight is 385 g/mol. The second-order valence-electron chi connectivity index (χ2n) is 7.26. The molecule has 4 rings (SSSR count). The molecule has 2 atom stereocenters. The lowest BCUT2D eigenvalue weighted by Crippen LogP contribution is -2.53. The number of rotatable bonds is 5. The van der Waals surface area contributed by atoms with Crippen LogP contribution in [0.5, 0.6) is 0 Å². The third-order valence-corrected chi connectivity index (χ3v) is 6.56. The van der Waals surface area contributed by atoms with E-state index in [1.807, 2.05) is 17.5 Å². The highest BCUT2D eigenvalue weighted by Crippen LogP contribution is 2.39. The summed E-state index contributed by atoms with van der Waals surface area (Å²) < 4.78 is 0. The Kier molecular flexibility index (Phi) is 5.11. The summed E-state index contributed by atoms with van der Waals surface area (Å²) in [4.78, 5) is 27.3. The summed E-state index contributed by atoms with van der Waals surface area (Å²) in [6.07, 6.45) is 4.64. The Labute approximate surface area is 162 Å². The maximum Gasteiger partial charge on any atom is 0.269 e.